The number of carbonyl (C=O) groups excluding carboxylic acids is 2. The Hall–Kier alpha value is -4.05. The van der Waals surface area contributed by atoms with Crippen LogP contribution in [0.5, 0.6) is 5.88 Å². The van der Waals surface area contributed by atoms with Gasteiger partial charge in [-0.3, -0.25) is 4.79 Å². The summed E-state index contributed by atoms with van der Waals surface area (Å²) in [7, 11) is -4.54. The van der Waals surface area contributed by atoms with Gasteiger partial charge in [0.05, 0.1) is 18.7 Å². The lowest BCUT2D eigenvalue weighted by molar-refractivity contribution is -0.00996. The molecule has 54 heavy (non-hydrogen) atoms. The van der Waals surface area contributed by atoms with Crippen LogP contribution in [0.3, 0.4) is 0 Å². The maximum atomic E-state index is 15.2. The van der Waals surface area contributed by atoms with Gasteiger partial charge in [0.2, 0.25) is 5.88 Å². The fourth-order valence-electron chi connectivity index (χ4n) is 8.64. The molecule has 3 aliphatic carbocycles. The van der Waals surface area contributed by atoms with Crippen molar-refractivity contribution in [1.29, 1.82) is 0 Å². The number of hydrogen-bond donors (Lipinski definition) is 2. The molecule has 4 heterocycles. The standard InChI is InChI=1S/C37H46ClF2N7O6S/c1-33(2,3)53-32(49)46-21-23(19-34(46,4)5)20-37(39,40)22-41-26-7-6-8-29(42-26)54(50,51)45-31(48)24-9-10-27(43-30(24)38)47-17-11-28(44-47)52-18-12-25-35(13-14-35)36(25)15-16-36/h6-11,17,23,25H,12-16,18-22H2,1-5H3,(H,41,42)(H,45,48). The number of amides is 2. The van der Waals surface area contributed by atoms with Gasteiger partial charge in [-0.05, 0) is 120 Å². The molecular weight excluding hydrogens is 744 g/mol. The number of hydrogen-bond acceptors (Lipinski definition) is 10. The molecule has 7 rings (SSSR count). The molecule has 3 aromatic rings. The lowest BCUT2D eigenvalue weighted by atomic mass is 9.92. The SMILES string of the molecule is CC(C)(C)OC(=O)N1CC(CC(F)(F)CNc2cccc(S(=O)(=O)NC(=O)c3ccc(-n4ccc(OCCC5C6(CC6)C56CC6)n4)nc3Cl)n2)CC1(C)C. The number of aromatic nitrogens is 4. The average molecular weight is 790 g/mol. The molecular formula is C37H46ClF2N7O6S. The molecule has 3 aromatic heterocycles. The first-order valence-corrected chi connectivity index (χ1v) is 20.1. The number of fused-ring (bicyclic) bond motifs is 1. The second kappa shape index (κ2) is 13.3. The zero-order valence-corrected chi connectivity index (χ0v) is 32.6. The maximum absolute atomic E-state index is 15.2. The van der Waals surface area contributed by atoms with E-state index in [0.717, 1.165) is 18.4 Å². The Morgan fingerprint density at radius 3 is 2.39 bits per heavy atom. The summed E-state index contributed by atoms with van der Waals surface area (Å²) in [5.74, 6) is -3.40. The summed E-state index contributed by atoms with van der Waals surface area (Å²) >= 11 is 6.32. The van der Waals surface area contributed by atoms with Crippen molar-refractivity contribution in [3.63, 3.8) is 0 Å². The van der Waals surface area contributed by atoms with E-state index in [-0.39, 0.29) is 23.1 Å². The van der Waals surface area contributed by atoms with E-state index in [2.05, 4.69) is 20.4 Å². The lowest BCUT2D eigenvalue weighted by Crippen LogP contribution is -2.45. The van der Waals surface area contributed by atoms with Crippen molar-refractivity contribution < 1.29 is 36.3 Å². The molecule has 2 spiro atoms. The summed E-state index contributed by atoms with van der Waals surface area (Å²) in [6, 6.07) is 8.28. The molecule has 1 atom stereocenters. The number of nitrogens with zero attached hydrogens (tertiary/aromatic N) is 5. The Bertz CT molecular complexity index is 2040. The Balaban J connectivity index is 0.912. The largest absolute Gasteiger partial charge is 0.477 e. The molecule has 4 aliphatic rings. The number of halogens is 3. The quantitative estimate of drug-likeness (QED) is 0.175. The van der Waals surface area contributed by atoms with Crippen molar-refractivity contribution in [3.8, 4) is 11.7 Å². The maximum Gasteiger partial charge on any atom is 0.410 e. The third-order valence-corrected chi connectivity index (χ3v) is 12.8. The molecule has 3 saturated carbocycles. The van der Waals surface area contributed by atoms with E-state index in [1.54, 1.807) is 33.0 Å². The summed E-state index contributed by atoms with van der Waals surface area (Å²) in [6.45, 7) is 8.73. The molecule has 4 fully saturated rings. The van der Waals surface area contributed by atoms with Gasteiger partial charge in [0.1, 0.15) is 16.6 Å². The van der Waals surface area contributed by atoms with Gasteiger partial charge in [-0.25, -0.2) is 32.9 Å². The van der Waals surface area contributed by atoms with Crippen molar-refractivity contribution in [2.24, 2.45) is 22.7 Å². The van der Waals surface area contributed by atoms with Gasteiger partial charge in [-0.2, -0.15) is 8.42 Å². The highest BCUT2D eigenvalue weighted by atomic mass is 35.5. The van der Waals surface area contributed by atoms with Crippen LogP contribution in [0.2, 0.25) is 5.15 Å². The van der Waals surface area contributed by atoms with E-state index in [1.165, 1.54) is 59.5 Å². The third kappa shape index (κ3) is 7.73. The number of nitrogens with one attached hydrogen (secondary N) is 2. The number of carbonyl (C=O) groups is 2. The molecule has 292 valence electrons. The van der Waals surface area contributed by atoms with Crippen molar-refractivity contribution in [2.75, 3.05) is 25.0 Å². The number of likely N-dealkylation sites (tertiary alicyclic amines) is 1. The number of ether oxygens (including phenoxy) is 2. The summed E-state index contributed by atoms with van der Waals surface area (Å²) in [5.41, 5.74) is -0.364. The predicted octanol–water partition coefficient (Wildman–Crippen LogP) is 6.87. The normalized spacial score (nSPS) is 20.9. The van der Waals surface area contributed by atoms with Crippen LogP contribution in [-0.4, -0.2) is 81.8 Å². The van der Waals surface area contributed by atoms with Crippen LogP contribution in [0.25, 0.3) is 5.82 Å². The monoisotopic (exact) mass is 789 g/mol. The molecule has 2 N–H and O–H groups in total. The summed E-state index contributed by atoms with van der Waals surface area (Å²) in [4.78, 5) is 35.4. The molecule has 0 radical (unpaired) electrons. The molecule has 2 amide bonds. The molecule has 1 unspecified atom stereocenters. The molecule has 13 nitrogen and oxygen atoms in total. The lowest BCUT2D eigenvalue weighted by Gasteiger charge is -2.33. The highest BCUT2D eigenvalue weighted by molar-refractivity contribution is 7.90. The van der Waals surface area contributed by atoms with Gasteiger partial charge in [-0.15, -0.1) is 5.10 Å². The van der Waals surface area contributed by atoms with Crippen LogP contribution < -0.4 is 14.8 Å². The van der Waals surface area contributed by atoms with Crippen molar-refractivity contribution in [3.05, 3.63) is 53.3 Å². The van der Waals surface area contributed by atoms with Gasteiger partial charge in [0, 0.05) is 30.8 Å². The van der Waals surface area contributed by atoms with Crippen molar-refractivity contribution in [2.45, 2.75) is 102 Å². The van der Waals surface area contributed by atoms with E-state index in [4.69, 9.17) is 21.1 Å². The second-order valence-corrected chi connectivity index (χ2v) is 18.8. The van der Waals surface area contributed by atoms with Gasteiger partial charge in [0.25, 0.3) is 21.9 Å². The topological polar surface area (TPSA) is 158 Å². The van der Waals surface area contributed by atoms with E-state index in [0.29, 0.717) is 35.6 Å². The number of alkyl halides is 2. The smallest absolute Gasteiger partial charge is 0.410 e. The molecule has 1 saturated heterocycles. The van der Waals surface area contributed by atoms with Gasteiger partial charge < -0.3 is 19.7 Å². The number of pyridine rings is 2. The number of rotatable bonds is 13. The van der Waals surface area contributed by atoms with Crippen LogP contribution in [0, 0.1) is 22.7 Å². The first kappa shape index (κ1) is 38.2. The first-order chi connectivity index (χ1) is 25.2. The van der Waals surface area contributed by atoms with Crippen LogP contribution in [0.4, 0.5) is 19.4 Å². The first-order valence-electron chi connectivity index (χ1n) is 18.2. The Labute approximate surface area is 318 Å². The number of anilines is 1. The fourth-order valence-corrected chi connectivity index (χ4v) is 9.81. The summed E-state index contributed by atoms with van der Waals surface area (Å²) in [5, 5.41) is 6.08. The zero-order valence-electron chi connectivity index (χ0n) is 31.0. The Morgan fingerprint density at radius 1 is 1.04 bits per heavy atom. The van der Waals surface area contributed by atoms with Crippen LogP contribution >= 0.6 is 11.6 Å². The molecule has 0 bridgehead atoms. The number of sulfonamides is 1. The van der Waals surface area contributed by atoms with Crippen molar-refractivity contribution in [1.82, 2.24) is 29.4 Å². The van der Waals surface area contributed by atoms with Crippen LogP contribution in [0.15, 0.2) is 47.6 Å². The van der Waals surface area contributed by atoms with E-state index >= 15 is 8.78 Å². The van der Waals surface area contributed by atoms with E-state index < -0.39 is 63.0 Å². The van der Waals surface area contributed by atoms with Gasteiger partial charge in [0.15, 0.2) is 10.8 Å². The molecule has 0 aromatic carbocycles. The minimum atomic E-state index is -4.54. The Kier molecular flexibility index (Phi) is 9.42. The fraction of sp³-hybridized carbons (Fsp3) is 0.595. The van der Waals surface area contributed by atoms with Crippen LogP contribution in [-0.2, 0) is 14.8 Å². The zero-order chi connectivity index (χ0) is 38.9. The second-order valence-electron chi connectivity index (χ2n) is 16.8. The van der Waals surface area contributed by atoms with E-state index in [1.807, 2.05) is 18.6 Å². The third-order valence-electron chi connectivity index (χ3n) is 11.3. The van der Waals surface area contributed by atoms with Crippen molar-refractivity contribution >= 4 is 39.4 Å². The molecule has 1 aliphatic heterocycles. The van der Waals surface area contributed by atoms with Gasteiger partial charge >= 0.3 is 6.09 Å². The average Bonchev–Trinajstić information content (AvgIpc) is 4.02. The highest BCUT2D eigenvalue weighted by Gasteiger charge is 2.85. The van der Waals surface area contributed by atoms with Gasteiger partial charge in [-0.1, -0.05) is 17.7 Å². The highest BCUT2D eigenvalue weighted by Crippen LogP contribution is 2.93. The minimum absolute atomic E-state index is 0.117. The van der Waals surface area contributed by atoms with Crippen LogP contribution in [0.1, 0.15) is 89.9 Å². The van der Waals surface area contributed by atoms with E-state index in [9.17, 15) is 18.0 Å². The molecule has 17 heteroatoms. The minimum Gasteiger partial charge on any atom is -0.477 e. The summed E-state index contributed by atoms with van der Waals surface area (Å²) < 4.78 is 71.4. The predicted molar refractivity (Wildman–Crippen MR) is 195 cm³/mol. The summed E-state index contributed by atoms with van der Waals surface area (Å²) in [6.07, 6.45) is 7.38. The Morgan fingerprint density at radius 2 is 1.74 bits per heavy atom.